The van der Waals surface area contributed by atoms with Crippen molar-refractivity contribution in [3.8, 4) is 0 Å². The molecule has 0 bridgehead atoms. The number of aryl methyl sites for hydroxylation is 1. The molecule has 1 aromatic carbocycles. The second kappa shape index (κ2) is 2.84. The van der Waals surface area contributed by atoms with E-state index >= 15 is 0 Å². The quantitative estimate of drug-likeness (QED) is 0.709. The Labute approximate surface area is 70.1 Å². The van der Waals surface area contributed by atoms with Gasteiger partial charge in [-0.3, -0.25) is 0 Å². The maximum Gasteiger partial charge on any atom is 0.238 e. The van der Waals surface area contributed by atoms with E-state index in [4.69, 9.17) is 5.14 Å². The predicted octanol–water partition coefficient (Wildman–Crippen LogP) is 0.782. The lowest BCUT2D eigenvalue weighted by atomic mass is 10.2. The Morgan fingerprint density at radius 1 is 1.42 bits per heavy atom. The highest BCUT2D eigenvalue weighted by Gasteiger charge is 2.10. The number of sulfonamides is 1. The van der Waals surface area contributed by atoms with Crippen molar-refractivity contribution >= 4 is 10.0 Å². The highest BCUT2D eigenvalue weighted by Crippen LogP contribution is 2.13. The van der Waals surface area contributed by atoms with E-state index in [1.165, 1.54) is 6.92 Å². The Morgan fingerprint density at radius 3 is 2.42 bits per heavy atom. The van der Waals surface area contributed by atoms with Gasteiger partial charge in [-0.15, -0.1) is 0 Å². The Bertz CT molecular complexity index is 400. The van der Waals surface area contributed by atoms with Crippen LogP contribution in [0, 0.1) is 12.7 Å². The molecule has 0 amide bonds. The molecule has 0 aliphatic rings. The first-order chi connectivity index (χ1) is 5.41. The van der Waals surface area contributed by atoms with Gasteiger partial charge in [0, 0.05) is 0 Å². The van der Waals surface area contributed by atoms with Crippen LogP contribution in [0.4, 0.5) is 4.39 Å². The molecule has 0 heterocycles. The molecule has 0 saturated heterocycles. The summed E-state index contributed by atoms with van der Waals surface area (Å²) >= 11 is 0. The number of benzene rings is 1. The summed E-state index contributed by atoms with van der Waals surface area (Å²) in [5.41, 5.74) is 0.317. The molecule has 0 unspecified atom stereocenters. The van der Waals surface area contributed by atoms with E-state index < -0.39 is 15.8 Å². The van der Waals surface area contributed by atoms with Crippen LogP contribution in [0.2, 0.25) is 0 Å². The largest absolute Gasteiger partial charge is 0.238 e. The summed E-state index contributed by atoms with van der Waals surface area (Å²) in [5, 5.41) is 4.86. The molecule has 0 aliphatic carbocycles. The summed E-state index contributed by atoms with van der Waals surface area (Å²) in [6.07, 6.45) is 0. The van der Waals surface area contributed by atoms with Crippen molar-refractivity contribution in [2.75, 3.05) is 0 Å². The van der Waals surface area contributed by atoms with E-state index in [1.54, 1.807) is 0 Å². The summed E-state index contributed by atoms with van der Waals surface area (Å²) in [7, 11) is -3.72. The Kier molecular flexibility index (Phi) is 2.16. The lowest BCUT2D eigenvalue weighted by Crippen LogP contribution is -2.13. The van der Waals surface area contributed by atoms with Gasteiger partial charge >= 0.3 is 0 Å². The minimum Gasteiger partial charge on any atom is -0.225 e. The first-order valence-corrected chi connectivity index (χ1v) is 4.75. The Morgan fingerprint density at radius 2 is 2.00 bits per heavy atom. The standard InChI is InChI=1S/C7H8FNO2S/c1-5-4-6(8)2-3-7(5)12(9,10)11/h2-4H,1H3,(H2,9,10,11). The van der Waals surface area contributed by atoms with Crippen molar-refractivity contribution in [3.05, 3.63) is 29.6 Å². The summed E-state index contributed by atoms with van der Waals surface area (Å²) in [6.45, 7) is 1.49. The summed E-state index contributed by atoms with van der Waals surface area (Å²) in [4.78, 5) is -0.0381. The number of hydrogen-bond acceptors (Lipinski definition) is 2. The SMILES string of the molecule is Cc1cc(F)ccc1S(N)(=O)=O. The molecule has 0 saturated carbocycles. The smallest absolute Gasteiger partial charge is 0.225 e. The molecule has 0 fully saturated rings. The average Bonchev–Trinajstić information content (AvgIpc) is 1.83. The molecule has 1 rings (SSSR count). The molecule has 2 N–H and O–H groups in total. The first kappa shape index (κ1) is 9.15. The van der Waals surface area contributed by atoms with Crippen LogP contribution in [0.5, 0.6) is 0 Å². The third kappa shape index (κ3) is 1.80. The third-order valence-corrected chi connectivity index (χ3v) is 2.51. The van der Waals surface area contributed by atoms with Crippen LogP contribution in [-0.4, -0.2) is 8.42 Å². The molecule has 66 valence electrons. The fourth-order valence-electron chi connectivity index (χ4n) is 0.932. The van der Waals surface area contributed by atoms with Crippen LogP contribution < -0.4 is 5.14 Å². The van der Waals surface area contributed by atoms with E-state index in [0.717, 1.165) is 18.2 Å². The van der Waals surface area contributed by atoms with E-state index in [-0.39, 0.29) is 4.90 Å². The topological polar surface area (TPSA) is 60.2 Å². The highest BCUT2D eigenvalue weighted by atomic mass is 32.2. The van der Waals surface area contributed by atoms with Gasteiger partial charge in [0.15, 0.2) is 0 Å². The van der Waals surface area contributed by atoms with Crippen molar-refractivity contribution in [2.24, 2.45) is 5.14 Å². The predicted molar refractivity (Wildman–Crippen MR) is 42.5 cm³/mol. The molecule has 0 aromatic heterocycles. The van der Waals surface area contributed by atoms with Crippen molar-refractivity contribution in [3.63, 3.8) is 0 Å². The lowest BCUT2D eigenvalue weighted by molar-refractivity contribution is 0.595. The van der Waals surface area contributed by atoms with Gasteiger partial charge < -0.3 is 0 Å². The molecular weight excluding hydrogens is 181 g/mol. The molecule has 0 radical (unpaired) electrons. The van der Waals surface area contributed by atoms with Crippen molar-refractivity contribution in [2.45, 2.75) is 11.8 Å². The van der Waals surface area contributed by atoms with E-state index in [0.29, 0.717) is 5.56 Å². The van der Waals surface area contributed by atoms with Gasteiger partial charge in [-0.05, 0) is 30.7 Å². The van der Waals surface area contributed by atoms with Crippen LogP contribution in [0.3, 0.4) is 0 Å². The van der Waals surface area contributed by atoms with Crippen LogP contribution in [0.15, 0.2) is 23.1 Å². The average molecular weight is 189 g/mol. The molecule has 0 atom stereocenters. The second-order valence-corrected chi connectivity index (χ2v) is 3.98. The van der Waals surface area contributed by atoms with E-state index in [9.17, 15) is 12.8 Å². The highest BCUT2D eigenvalue weighted by molar-refractivity contribution is 7.89. The number of hydrogen-bond donors (Lipinski definition) is 1. The summed E-state index contributed by atoms with van der Waals surface area (Å²) < 4.78 is 34.1. The zero-order valence-electron chi connectivity index (χ0n) is 6.41. The minimum atomic E-state index is -3.72. The zero-order chi connectivity index (χ0) is 9.35. The van der Waals surface area contributed by atoms with Gasteiger partial charge in [0.2, 0.25) is 10.0 Å². The van der Waals surface area contributed by atoms with Gasteiger partial charge in [0.25, 0.3) is 0 Å². The van der Waals surface area contributed by atoms with Gasteiger partial charge in [-0.2, -0.15) is 0 Å². The fraction of sp³-hybridized carbons (Fsp3) is 0.143. The lowest BCUT2D eigenvalue weighted by Gasteiger charge is -2.01. The van der Waals surface area contributed by atoms with Crippen LogP contribution in [0.1, 0.15) is 5.56 Å². The minimum absolute atomic E-state index is 0.0381. The van der Waals surface area contributed by atoms with Gasteiger partial charge in [0.1, 0.15) is 5.82 Å². The number of halogens is 1. The molecule has 0 spiro atoms. The summed E-state index contributed by atoms with van der Waals surface area (Å²) in [5.74, 6) is -0.472. The molecule has 3 nitrogen and oxygen atoms in total. The van der Waals surface area contributed by atoms with Crippen molar-refractivity contribution < 1.29 is 12.8 Å². The van der Waals surface area contributed by atoms with Gasteiger partial charge in [-0.25, -0.2) is 17.9 Å². The first-order valence-electron chi connectivity index (χ1n) is 3.20. The van der Waals surface area contributed by atoms with Crippen LogP contribution in [-0.2, 0) is 10.0 Å². The monoisotopic (exact) mass is 189 g/mol. The second-order valence-electron chi connectivity index (χ2n) is 2.45. The molecule has 0 aliphatic heterocycles. The number of nitrogens with two attached hydrogens (primary N) is 1. The summed E-state index contributed by atoms with van der Waals surface area (Å²) in [6, 6.07) is 3.34. The third-order valence-electron chi connectivity index (χ3n) is 1.44. The molecule has 12 heavy (non-hydrogen) atoms. The van der Waals surface area contributed by atoms with Crippen molar-refractivity contribution in [1.82, 2.24) is 0 Å². The normalized spacial score (nSPS) is 11.6. The maximum atomic E-state index is 12.5. The molecule has 5 heteroatoms. The molecule has 1 aromatic rings. The van der Waals surface area contributed by atoms with E-state index in [2.05, 4.69) is 0 Å². The Hall–Kier alpha value is -0.940. The zero-order valence-corrected chi connectivity index (χ0v) is 7.23. The fourth-order valence-corrected chi connectivity index (χ4v) is 1.70. The number of primary sulfonamides is 1. The Balaban J connectivity index is 3.39. The van der Waals surface area contributed by atoms with Gasteiger partial charge in [-0.1, -0.05) is 0 Å². The molecular formula is C7H8FNO2S. The van der Waals surface area contributed by atoms with Crippen LogP contribution in [0.25, 0.3) is 0 Å². The van der Waals surface area contributed by atoms with Crippen molar-refractivity contribution in [1.29, 1.82) is 0 Å². The van der Waals surface area contributed by atoms with Crippen LogP contribution >= 0.6 is 0 Å². The maximum absolute atomic E-state index is 12.5. The van der Waals surface area contributed by atoms with E-state index in [1.807, 2.05) is 0 Å². The number of rotatable bonds is 1. The van der Waals surface area contributed by atoms with Gasteiger partial charge in [0.05, 0.1) is 4.90 Å².